The molecule has 5 nitrogen and oxygen atoms in total. The summed E-state index contributed by atoms with van der Waals surface area (Å²) < 4.78 is 0. The second kappa shape index (κ2) is 7.73. The predicted octanol–water partition coefficient (Wildman–Crippen LogP) is 5.72. The van der Waals surface area contributed by atoms with Crippen LogP contribution in [0, 0.1) is 5.92 Å². The molecule has 0 aliphatic heterocycles. The van der Waals surface area contributed by atoms with Crippen molar-refractivity contribution in [3.8, 4) is 10.8 Å². The number of aromatic amines is 1. The number of H-pyrrole nitrogens is 1. The molecule has 7 heteroatoms. The molecule has 0 fully saturated rings. The van der Waals surface area contributed by atoms with Gasteiger partial charge in [-0.15, -0.1) is 11.3 Å². The minimum absolute atomic E-state index is 0.0487. The van der Waals surface area contributed by atoms with E-state index in [0.29, 0.717) is 10.7 Å². The number of hydrogen-bond acceptors (Lipinski definition) is 4. The number of benzene rings is 2. The normalized spacial score (nSPS) is 12.4. The van der Waals surface area contributed by atoms with Gasteiger partial charge < -0.3 is 10.3 Å². The number of hydrogen-bond donors (Lipinski definition) is 2. The zero-order chi connectivity index (χ0) is 19.7. The number of fused-ring (bicyclic) bond motifs is 1. The van der Waals surface area contributed by atoms with Crippen LogP contribution in [0.3, 0.4) is 0 Å². The SMILES string of the molecule is CC(C)[C@H](C(=O)Nc1ccc2[nH]c(-c3nccs3)nc2c1)c1ccc(Cl)cc1. The fourth-order valence-electron chi connectivity index (χ4n) is 3.25. The lowest BCUT2D eigenvalue weighted by atomic mass is 9.87. The zero-order valence-corrected chi connectivity index (χ0v) is 17.0. The first-order chi connectivity index (χ1) is 13.5. The van der Waals surface area contributed by atoms with Crippen LogP contribution in [0.25, 0.3) is 21.9 Å². The molecule has 0 spiro atoms. The molecule has 1 atom stereocenters. The zero-order valence-electron chi connectivity index (χ0n) is 15.4. The van der Waals surface area contributed by atoms with Crippen molar-refractivity contribution in [3.05, 3.63) is 64.6 Å². The number of imidazole rings is 1. The number of rotatable bonds is 5. The van der Waals surface area contributed by atoms with Gasteiger partial charge in [0, 0.05) is 22.3 Å². The van der Waals surface area contributed by atoms with Crippen LogP contribution in [0.15, 0.2) is 54.0 Å². The van der Waals surface area contributed by atoms with Crippen LogP contribution in [0.5, 0.6) is 0 Å². The predicted molar refractivity (Wildman–Crippen MR) is 115 cm³/mol. The summed E-state index contributed by atoms with van der Waals surface area (Å²) in [6.45, 7) is 4.08. The molecule has 4 aromatic rings. The Bertz CT molecular complexity index is 1100. The molecule has 4 rings (SSSR count). The number of aromatic nitrogens is 3. The highest BCUT2D eigenvalue weighted by atomic mass is 35.5. The highest BCUT2D eigenvalue weighted by Crippen LogP contribution is 2.29. The van der Waals surface area contributed by atoms with Crippen LogP contribution < -0.4 is 5.32 Å². The summed E-state index contributed by atoms with van der Waals surface area (Å²) >= 11 is 7.51. The summed E-state index contributed by atoms with van der Waals surface area (Å²) in [5.41, 5.74) is 3.36. The van der Waals surface area contributed by atoms with Gasteiger partial charge >= 0.3 is 0 Å². The summed E-state index contributed by atoms with van der Waals surface area (Å²) in [4.78, 5) is 25.1. The second-order valence-corrected chi connectivity index (χ2v) is 8.25. The molecule has 0 radical (unpaired) electrons. The summed E-state index contributed by atoms with van der Waals surface area (Å²) in [5, 5.41) is 6.44. The van der Waals surface area contributed by atoms with Crippen LogP contribution in [-0.2, 0) is 4.79 Å². The smallest absolute Gasteiger partial charge is 0.232 e. The monoisotopic (exact) mass is 410 g/mol. The average molecular weight is 411 g/mol. The minimum Gasteiger partial charge on any atom is -0.336 e. The fourth-order valence-corrected chi connectivity index (χ4v) is 3.96. The molecule has 0 aliphatic carbocycles. The largest absolute Gasteiger partial charge is 0.336 e. The lowest BCUT2D eigenvalue weighted by molar-refractivity contribution is -0.118. The Balaban J connectivity index is 1.59. The van der Waals surface area contributed by atoms with E-state index in [0.717, 1.165) is 27.4 Å². The molecule has 1 amide bonds. The van der Waals surface area contributed by atoms with E-state index < -0.39 is 0 Å². The molecule has 142 valence electrons. The lowest BCUT2D eigenvalue weighted by Gasteiger charge is -2.21. The molecule has 0 saturated carbocycles. The third kappa shape index (κ3) is 3.79. The Hall–Kier alpha value is -2.70. The van der Waals surface area contributed by atoms with E-state index >= 15 is 0 Å². The Labute approximate surface area is 171 Å². The fraction of sp³-hybridized carbons (Fsp3) is 0.190. The third-order valence-corrected chi connectivity index (χ3v) is 5.60. The van der Waals surface area contributed by atoms with Crippen molar-refractivity contribution in [3.63, 3.8) is 0 Å². The summed E-state index contributed by atoms with van der Waals surface area (Å²) in [6, 6.07) is 13.1. The van der Waals surface area contributed by atoms with E-state index in [9.17, 15) is 4.79 Å². The van der Waals surface area contributed by atoms with Gasteiger partial charge in [-0.25, -0.2) is 9.97 Å². The highest BCUT2D eigenvalue weighted by Gasteiger charge is 2.24. The van der Waals surface area contributed by atoms with Crippen LogP contribution >= 0.6 is 22.9 Å². The first kappa shape index (κ1) is 18.7. The number of anilines is 1. The number of halogens is 1. The van der Waals surface area contributed by atoms with E-state index in [4.69, 9.17) is 11.6 Å². The van der Waals surface area contributed by atoms with Crippen LogP contribution in [0.1, 0.15) is 25.3 Å². The molecule has 2 aromatic carbocycles. The highest BCUT2D eigenvalue weighted by molar-refractivity contribution is 7.13. The first-order valence-electron chi connectivity index (χ1n) is 8.97. The summed E-state index contributed by atoms with van der Waals surface area (Å²) in [7, 11) is 0. The van der Waals surface area contributed by atoms with Crippen molar-refractivity contribution in [1.82, 2.24) is 15.0 Å². The quantitative estimate of drug-likeness (QED) is 0.442. The maximum Gasteiger partial charge on any atom is 0.232 e. The van der Waals surface area contributed by atoms with Gasteiger partial charge in [-0.2, -0.15) is 0 Å². The standard InChI is InChI=1S/C21H19ClN4OS/c1-12(2)18(13-3-5-14(22)6-4-13)20(27)24-15-7-8-16-17(11-15)26-19(25-16)21-23-9-10-28-21/h3-12,18H,1-2H3,(H,24,27)(H,25,26)/t18-/m0/s1. The van der Waals surface area contributed by atoms with Gasteiger partial charge in [-0.1, -0.05) is 37.6 Å². The second-order valence-electron chi connectivity index (χ2n) is 6.92. The van der Waals surface area contributed by atoms with Crippen LogP contribution in [-0.4, -0.2) is 20.9 Å². The average Bonchev–Trinajstić information content (AvgIpc) is 3.32. The number of amides is 1. The van der Waals surface area contributed by atoms with Gasteiger partial charge in [0.15, 0.2) is 10.8 Å². The molecular weight excluding hydrogens is 392 g/mol. The molecule has 0 unspecified atom stereocenters. The topological polar surface area (TPSA) is 70.7 Å². The number of nitrogens with zero attached hydrogens (tertiary/aromatic N) is 2. The molecular formula is C21H19ClN4OS. The van der Waals surface area contributed by atoms with E-state index in [1.54, 1.807) is 6.20 Å². The molecule has 0 bridgehead atoms. The van der Waals surface area contributed by atoms with Crippen molar-refractivity contribution in [1.29, 1.82) is 0 Å². The van der Waals surface area contributed by atoms with E-state index in [1.807, 2.05) is 61.7 Å². The van der Waals surface area contributed by atoms with Crippen molar-refractivity contribution >= 4 is 45.6 Å². The van der Waals surface area contributed by atoms with Gasteiger partial charge in [0.25, 0.3) is 0 Å². The van der Waals surface area contributed by atoms with Gasteiger partial charge in [0.1, 0.15) is 0 Å². The van der Waals surface area contributed by atoms with Crippen molar-refractivity contribution in [2.24, 2.45) is 5.92 Å². The number of nitrogens with one attached hydrogen (secondary N) is 2. The lowest BCUT2D eigenvalue weighted by Crippen LogP contribution is -2.25. The summed E-state index contributed by atoms with van der Waals surface area (Å²) in [5.74, 6) is 0.562. The van der Waals surface area contributed by atoms with Gasteiger partial charge in [-0.3, -0.25) is 4.79 Å². The third-order valence-electron chi connectivity index (χ3n) is 4.56. The van der Waals surface area contributed by atoms with Crippen LogP contribution in [0.4, 0.5) is 5.69 Å². The number of carbonyl (C=O) groups is 1. The molecule has 0 aliphatic rings. The first-order valence-corrected chi connectivity index (χ1v) is 10.2. The molecule has 28 heavy (non-hydrogen) atoms. The van der Waals surface area contributed by atoms with Crippen molar-refractivity contribution < 1.29 is 4.79 Å². The van der Waals surface area contributed by atoms with Crippen molar-refractivity contribution in [2.45, 2.75) is 19.8 Å². The summed E-state index contributed by atoms with van der Waals surface area (Å²) in [6.07, 6.45) is 1.75. The Morgan fingerprint density at radius 3 is 2.64 bits per heavy atom. The molecule has 0 saturated heterocycles. The van der Waals surface area contributed by atoms with Gasteiger partial charge in [0.05, 0.1) is 17.0 Å². The maximum atomic E-state index is 13.0. The Kier molecular flexibility index (Phi) is 5.15. The Morgan fingerprint density at radius 1 is 1.18 bits per heavy atom. The number of thiazole rings is 1. The minimum atomic E-state index is -0.266. The molecule has 2 heterocycles. The van der Waals surface area contributed by atoms with E-state index in [-0.39, 0.29) is 17.7 Å². The molecule has 2 N–H and O–H groups in total. The van der Waals surface area contributed by atoms with Crippen molar-refractivity contribution in [2.75, 3.05) is 5.32 Å². The van der Waals surface area contributed by atoms with E-state index in [1.165, 1.54) is 11.3 Å². The maximum absolute atomic E-state index is 13.0. The molecule has 2 aromatic heterocycles. The Morgan fingerprint density at radius 2 is 1.96 bits per heavy atom. The van der Waals surface area contributed by atoms with Crippen LogP contribution in [0.2, 0.25) is 5.02 Å². The van der Waals surface area contributed by atoms with Gasteiger partial charge in [0.2, 0.25) is 5.91 Å². The van der Waals surface area contributed by atoms with Gasteiger partial charge in [-0.05, 0) is 41.8 Å². The number of carbonyl (C=O) groups excluding carboxylic acids is 1. The van der Waals surface area contributed by atoms with E-state index in [2.05, 4.69) is 20.3 Å².